The molecule has 1 amide bonds. The maximum absolute atomic E-state index is 12.0. The number of hydrogen-bond acceptors (Lipinski definition) is 6. The van der Waals surface area contributed by atoms with E-state index in [0.29, 0.717) is 46.2 Å². The van der Waals surface area contributed by atoms with Gasteiger partial charge >= 0.3 is 0 Å². The molecule has 0 saturated carbocycles. The Morgan fingerprint density at radius 3 is 2.56 bits per heavy atom. The van der Waals surface area contributed by atoms with Crippen molar-refractivity contribution in [2.45, 2.75) is 44.4 Å². The number of amides is 1. The summed E-state index contributed by atoms with van der Waals surface area (Å²) in [5.74, 6) is 0.915. The van der Waals surface area contributed by atoms with Crippen LogP contribution < -0.4 is 10.2 Å². The van der Waals surface area contributed by atoms with Crippen LogP contribution in [0.1, 0.15) is 44.3 Å². The Bertz CT molecular complexity index is 1270. The number of anilines is 1. The predicted molar refractivity (Wildman–Crippen MR) is 123 cm³/mol. The molecule has 150 valence electrons. The minimum Gasteiger partial charge on any atom is -0.375 e. The molecule has 32 heavy (non-hydrogen) atoms. The number of rotatable bonds is 2. The van der Waals surface area contributed by atoms with Gasteiger partial charge in [-0.05, 0) is 61.1 Å². The van der Waals surface area contributed by atoms with Gasteiger partial charge in [-0.1, -0.05) is 5.16 Å². The molecule has 3 aromatic rings. The van der Waals surface area contributed by atoms with Gasteiger partial charge in [0.1, 0.15) is 11.6 Å². The van der Waals surface area contributed by atoms with Crippen LogP contribution in [0.25, 0.3) is 11.1 Å². The molecule has 0 unspecified atom stereocenters. The second kappa shape index (κ2) is 6.77. The lowest BCUT2D eigenvalue weighted by Gasteiger charge is -2.56. The topological polar surface area (TPSA) is 84.2 Å². The Morgan fingerprint density at radius 1 is 1.12 bits per heavy atom. The van der Waals surface area contributed by atoms with E-state index in [2.05, 4.69) is 20.4 Å². The summed E-state index contributed by atoms with van der Waals surface area (Å²) < 4.78 is 5.30. The molecular formula is C21H17B4N5O2. The maximum atomic E-state index is 12.0. The Labute approximate surface area is 191 Å². The Morgan fingerprint density at radius 2 is 1.88 bits per heavy atom. The van der Waals surface area contributed by atoms with Crippen molar-refractivity contribution >= 4 is 43.1 Å². The fraction of sp³-hybridized carbons (Fsp3) is 0.333. The van der Waals surface area contributed by atoms with E-state index < -0.39 is 10.7 Å². The third-order valence-corrected chi connectivity index (χ3v) is 6.10. The molecule has 5 rings (SSSR count). The highest BCUT2D eigenvalue weighted by Crippen LogP contribution is 2.42. The largest absolute Gasteiger partial charge is 0.375 e. The van der Waals surface area contributed by atoms with Crippen molar-refractivity contribution < 1.29 is 9.32 Å². The van der Waals surface area contributed by atoms with Crippen LogP contribution in [-0.4, -0.2) is 57.8 Å². The van der Waals surface area contributed by atoms with Crippen molar-refractivity contribution in [2.75, 3.05) is 4.90 Å². The lowest BCUT2D eigenvalue weighted by atomic mass is 9.46. The van der Waals surface area contributed by atoms with Gasteiger partial charge in [0, 0.05) is 23.0 Å². The highest BCUT2D eigenvalue weighted by atomic mass is 16.5. The van der Waals surface area contributed by atoms with Crippen molar-refractivity contribution in [3.05, 3.63) is 57.9 Å². The van der Waals surface area contributed by atoms with Crippen molar-refractivity contribution in [3.63, 3.8) is 0 Å². The number of nitrogens with one attached hydrogen (secondary N) is 1. The van der Waals surface area contributed by atoms with Gasteiger partial charge in [0.05, 0.1) is 54.9 Å². The van der Waals surface area contributed by atoms with Gasteiger partial charge < -0.3 is 14.7 Å². The molecule has 2 aliphatic heterocycles. The van der Waals surface area contributed by atoms with Gasteiger partial charge in [0.2, 0.25) is 0 Å². The van der Waals surface area contributed by atoms with Crippen LogP contribution in [0, 0.1) is 20.8 Å². The molecule has 0 bridgehead atoms. The first kappa shape index (κ1) is 20.9. The molecule has 3 aromatic heterocycles. The molecule has 0 spiro atoms. The number of fused-ring (bicyclic) bond motifs is 2. The van der Waals surface area contributed by atoms with E-state index in [4.69, 9.17) is 35.9 Å². The third kappa shape index (κ3) is 2.93. The first-order chi connectivity index (χ1) is 15.0. The summed E-state index contributed by atoms with van der Waals surface area (Å²) in [5, 5.41) is 3.70. The average Bonchev–Trinajstić information content (AvgIpc) is 3.23. The van der Waals surface area contributed by atoms with E-state index >= 15 is 0 Å². The van der Waals surface area contributed by atoms with E-state index in [-0.39, 0.29) is 12.3 Å². The first-order valence-corrected chi connectivity index (χ1v) is 10.2. The monoisotopic (exact) mass is 415 g/mol. The van der Waals surface area contributed by atoms with Crippen LogP contribution in [0.3, 0.4) is 0 Å². The fourth-order valence-electron chi connectivity index (χ4n) is 4.65. The molecule has 7 nitrogen and oxygen atoms in total. The third-order valence-electron chi connectivity index (χ3n) is 6.10. The second-order valence-corrected chi connectivity index (χ2v) is 8.55. The average molecular weight is 415 g/mol. The zero-order chi connectivity index (χ0) is 23.0. The number of aromatic nitrogens is 3. The van der Waals surface area contributed by atoms with Gasteiger partial charge in [-0.3, -0.25) is 9.78 Å². The van der Waals surface area contributed by atoms with E-state index in [1.54, 1.807) is 12.3 Å². The summed E-state index contributed by atoms with van der Waals surface area (Å²) in [6.45, 7) is 5.81. The summed E-state index contributed by atoms with van der Waals surface area (Å²) >= 11 is 0. The zero-order valence-corrected chi connectivity index (χ0v) is 18.1. The highest BCUT2D eigenvalue weighted by Gasteiger charge is 2.45. The predicted octanol–water partition coefficient (Wildman–Crippen LogP) is 0.801. The summed E-state index contributed by atoms with van der Waals surface area (Å²) in [7, 11) is 26.5. The van der Waals surface area contributed by atoms with Gasteiger partial charge in [-0.25, -0.2) is 4.98 Å². The normalized spacial score (nSPS) is 18.2. The van der Waals surface area contributed by atoms with E-state index in [1.165, 1.54) is 4.90 Å². The van der Waals surface area contributed by atoms with Gasteiger partial charge in [0.25, 0.3) is 5.91 Å². The van der Waals surface area contributed by atoms with Crippen molar-refractivity contribution in [2.24, 2.45) is 0 Å². The van der Waals surface area contributed by atoms with Crippen LogP contribution >= 0.6 is 0 Å². The number of carbonyl (C=O) groups excluding carboxylic acids is 1. The molecular weight excluding hydrogens is 398 g/mol. The van der Waals surface area contributed by atoms with E-state index in [1.807, 2.05) is 26.8 Å². The number of nitrogens with zero attached hydrogens (tertiary/aromatic N) is 4. The zero-order valence-electron chi connectivity index (χ0n) is 18.1. The number of hydrogen-bond donors (Lipinski definition) is 1. The van der Waals surface area contributed by atoms with Gasteiger partial charge in [0.15, 0.2) is 0 Å². The highest BCUT2D eigenvalue weighted by molar-refractivity contribution is 6.48. The molecule has 0 saturated heterocycles. The van der Waals surface area contributed by atoms with Crippen LogP contribution in [0.5, 0.6) is 0 Å². The lowest BCUT2D eigenvalue weighted by molar-refractivity contribution is 0.0965. The number of aryl methyl sites for hydroxylation is 3. The molecule has 0 aliphatic carbocycles. The molecule has 2 aliphatic rings. The second-order valence-electron chi connectivity index (χ2n) is 8.55. The quantitative estimate of drug-likeness (QED) is 0.625. The number of carbonyl (C=O) groups is 1. The SMILES string of the molecule is [B]C1([B])Cc2ncc(-c3c(C)noc3C)cc2C([B])([B])N1c1nc2c(cc1C)C(=O)NC2. The minimum atomic E-state index is -1.62. The summed E-state index contributed by atoms with van der Waals surface area (Å²) in [6, 6.07) is 3.62. The lowest BCUT2D eigenvalue weighted by Crippen LogP contribution is -2.66. The van der Waals surface area contributed by atoms with Gasteiger partial charge in [-0.15, -0.1) is 0 Å². The number of pyridine rings is 2. The van der Waals surface area contributed by atoms with Gasteiger partial charge in [-0.2, -0.15) is 0 Å². The Kier molecular flexibility index (Phi) is 4.42. The van der Waals surface area contributed by atoms with Crippen molar-refractivity contribution in [1.82, 2.24) is 20.4 Å². The van der Waals surface area contributed by atoms with Crippen LogP contribution in [0.15, 0.2) is 22.9 Å². The smallest absolute Gasteiger partial charge is 0.253 e. The summed E-state index contributed by atoms with van der Waals surface area (Å²) in [5.41, 5.74) is 5.30. The van der Waals surface area contributed by atoms with Crippen molar-refractivity contribution in [3.8, 4) is 11.1 Å². The standard InChI is InChI=1S/C21H17B4N5O2/c1-9-4-13-16(8-27-19(13)31)28-18(9)30-20(22,23)6-15-14(21(30,24)25)5-12(7-26-15)17-10(2)29-32-11(17)3/h4-5,7H,6,8H2,1-3H3,(H,27,31). The first-order valence-electron chi connectivity index (χ1n) is 10.2. The van der Waals surface area contributed by atoms with E-state index in [0.717, 1.165) is 16.8 Å². The molecule has 5 heterocycles. The molecule has 0 fully saturated rings. The van der Waals surface area contributed by atoms with Crippen LogP contribution in [0.2, 0.25) is 0 Å². The molecule has 0 atom stereocenters. The van der Waals surface area contributed by atoms with Crippen molar-refractivity contribution in [1.29, 1.82) is 0 Å². The molecule has 1 N–H and O–H groups in total. The Hall–Kier alpha value is -2.96. The Balaban J connectivity index is 1.68. The van der Waals surface area contributed by atoms with Crippen LogP contribution in [-0.2, 0) is 18.3 Å². The fourth-order valence-corrected chi connectivity index (χ4v) is 4.65. The summed E-state index contributed by atoms with van der Waals surface area (Å²) in [4.78, 5) is 22.8. The minimum absolute atomic E-state index is 0.169. The van der Waals surface area contributed by atoms with E-state index in [9.17, 15) is 4.79 Å². The molecule has 8 radical (unpaired) electrons. The summed E-state index contributed by atoms with van der Waals surface area (Å²) in [6.07, 6.45) is 1.90. The molecule has 11 heteroatoms. The maximum Gasteiger partial charge on any atom is 0.253 e. The molecule has 0 aromatic carbocycles. The van der Waals surface area contributed by atoms with Crippen LogP contribution in [0.4, 0.5) is 5.82 Å².